The zero-order valence-electron chi connectivity index (χ0n) is 30.0. The molecule has 1 fully saturated rings. The molecule has 3 atom stereocenters. The third-order valence-corrected chi connectivity index (χ3v) is 15.2. The summed E-state index contributed by atoms with van der Waals surface area (Å²) in [6.45, 7) is 21.5. The predicted molar refractivity (Wildman–Crippen MR) is 189 cm³/mol. The first-order valence-electron chi connectivity index (χ1n) is 16.8. The number of aromatic nitrogens is 1. The van der Waals surface area contributed by atoms with Crippen molar-refractivity contribution in [3.63, 3.8) is 0 Å². The summed E-state index contributed by atoms with van der Waals surface area (Å²) in [5, 5.41) is 3.29. The van der Waals surface area contributed by atoms with Gasteiger partial charge < -0.3 is 23.8 Å². The number of carbonyl (C=O) groups excluding carboxylic acids is 4. The number of amides is 2. The van der Waals surface area contributed by atoms with Crippen LogP contribution in [0, 0.1) is 0 Å². The maximum atomic E-state index is 14.0. The third kappa shape index (κ3) is 10.7. The molecule has 2 amide bonds. The van der Waals surface area contributed by atoms with Crippen molar-refractivity contribution in [1.82, 2.24) is 15.2 Å². The Morgan fingerprint density at radius 1 is 1.06 bits per heavy atom. The number of nitrogens with one attached hydrogen (secondary N) is 1. The van der Waals surface area contributed by atoms with Crippen LogP contribution in [0.1, 0.15) is 83.1 Å². The van der Waals surface area contributed by atoms with Crippen LogP contribution < -0.4 is 10.7 Å². The minimum Gasteiger partial charge on any atom is -0.461 e. The van der Waals surface area contributed by atoms with Gasteiger partial charge in [-0.2, -0.15) is 0 Å². The lowest BCUT2D eigenvalue weighted by Crippen LogP contribution is -2.47. The maximum absolute atomic E-state index is 14.0. The van der Waals surface area contributed by atoms with E-state index in [1.165, 1.54) is 11.0 Å². The summed E-state index contributed by atoms with van der Waals surface area (Å²) in [4.78, 5) is 59.5. The van der Waals surface area contributed by atoms with Gasteiger partial charge in [0.25, 0.3) is 5.91 Å². The summed E-state index contributed by atoms with van der Waals surface area (Å²) in [7, 11) is -4.46. The topological polar surface area (TPSA) is 128 Å². The number of oxazole rings is 1. The highest BCUT2D eigenvalue weighted by Crippen LogP contribution is 2.38. The van der Waals surface area contributed by atoms with Crippen LogP contribution in [-0.4, -0.2) is 81.2 Å². The Morgan fingerprint density at radius 2 is 1.77 bits per heavy atom. The van der Waals surface area contributed by atoms with Crippen molar-refractivity contribution >= 4 is 45.3 Å². The number of allylic oxidation sites excluding steroid dienone is 2. The number of hydrogen-bond acceptors (Lipinski definition) is 8. The maximum Gasteiger partial charge on any atom is 0.329 e. The largest absolute Gasteiger partial charge is 0.461 e. The number of cyclic esters (lactones) is 1. The molecule has 1 unspecified atom stereocenters. The molecule has 0 saturated carbocycles. The molecule has 1 aromatic rings. The minimum atomic E-state index is -2.24. The van der Waals surface area contributed by atoms with E-state index >= 15 is 0 Å². The summed E-state index contributed by atoms with van der Waals surface area (Å²) in [6, 6.07) is -0.739. The molecular weight excluding hydrogens is 631 g/mol. The van der Waals surface area contributed by atoms with Crippen LogP contribution in [0.5, 0.6) is 0 Å². The van der Waals surface area contributed by atoms with E-state index in [0.717, 1.165) is 5.57 Å². The number of nitrogens with zero attached hydrogens (tertiary/aromatic N) is 2. The van der Waals surface area contributed by atoms with E-state index in [4.69, 9.17) is 13.6 Å². The van der Waals surface area contributed by atoms with E-state index in [9.17, 15) is 19.2 Å². The molecule has 10 nitrogen and oxygen atoms in total. The van der Waals surface area contributed by atoms with Gasteiger partial charge in [-0.25, -0.2) is 9.78 Å². The summed E-state index contributed by atoms with van der Waals surface area (Å²) in [5.74, 6) is -1.01. The molecule has 0 aromatic carbocycles. The van der Waals surface area contributed by atoms with Gasteiger partial charge in [-0.15, -0.1) is 0 Å². The van der Waals surface area contributed by atoms with E-state index in [-0.39, 0.29) is 47.1 Å². The number of ether oxygens (including phenoxy) is 1. The predicted octanol–water partition coefficient (Wildman–Crippen LogP) is 5.62. The van der Waals surface area contributed by atoms with E-state index in [2.05, 4.69) is 63.8 Å². The first-order chi connectivity index (χ1) is 21.8. The molecule has 3 rings (SSSR count). The Labute approximate surface area is 282 Å². The molecule has 1 N–H and O–H groups in total. The van der Waals surface area contributed by atoms with Gasteiger partial charge in [0, 0.05) is 25.9 Å². The van der Waals surface area contributed by atoms with Gasteiger partial charge in [0.2, 0.25) is 11.8 Å². The summed E-state index contributed by atoms with van der Waals surface area (Å²) >= 11 is 0. The van der Waals surface area contributed by atoms with Crippen LogP contribution in [0.2, 0.25) is 37.8 Å². The second-order valence-corrected chi connectivity index (χ2v) is 24.9. The van der Waals surface area contributed by atoms with Gasteiger partial charge in [0.1, 0.15) is 31.4 Å². The van der Waals surface area contributed by atoms with Crippen LogP contribution in [0.4, 0.5) is 0 Å². The Kier molecular flexibility index (Phi) is 12.9. The average Bonchev–Trinajstić information content (AvgIpc) is 3.61. The lowest BCUT2D eigenvalue weighted by Gasteiger charge is -2.38. The SMILES string of the molecule is CC[C@@H]1C/C=C/C(=O)NC/C=C/C(C)=C/C(O[Si](C)(C)C(C)(C)C)CC(=O)Cc2nc(c([Si](C)(C)C)o2)C(=O)N2CCC[C@@H]2C(=O)O1. The van der Waals surface area contributed by atoms with Crippen molar-refractivity contribution in [3.8, 4) is 0 Å². The number of hydrogen-bond donors (Lipinski definition) is 1. The van der Waals surface area contributed by atoms with Crippen molar-refractivity contribution < 1.29 is 32.8 Å². The fraction of sp³-hybridized carbons (Fsp3) is 0.629. The number of fused-ring (bicyclic) bond motifs is 3. The molecular formula is C35H55N3O7Si2. The van der Waals surface area contributed by atoms with Crippen molar-refractivity contribution in [2.24, 2.45) is 0 Å². The number of ketones is 1. The summed E-state index contributed by atoms with van der Waals surface area (Å²) < 4.78 is 18.7. The Bertz CT molecular complexity index is 1400. The standard InChI is InChI=1S/C35H55N3O7Si2/c1-11-26-16-12-18-29(40)36-19-13-15-24(2)21-27(45-47(9,10)35(3,4)5)22-25(39)23-30-37-31(34(44-30)46(6,7)8)32(41)38-20-14-17-28(38)33(42)43-26/h12-13,15,18,21,26-28H,11,14,16-17,19-20,22-23H2,1-10H3,(H,36,40)/b15-13+,18-12+,24-21+/t26-,27?,28-/m1/s1. The summed E-state index contributed by atoms with van der Waals surface area (Å²) in [5.41, 5.74) is 1.09. The summed E-state index contributed by atoms with van der Waals surface area (Å²) in [6.07, 6.45) is 10.1. The first kappa shape index (κ1) is 38.4. The van der Waals surface area contributed by atoms with Gasteiger partial charge in [0.05, 0.1) is 12.5 Å². The van der Waals surface area contributed by atoms with Crippen molar-refractivity contribution in [2.75, 3.05) is 13.1 Å². The van der Waals surface area contributed by atoms with E-state index < -0.39 is 40.6 Å². The molecule has 0 spiro atoms. The lowest BCUT2D eigenvalue weighted by atomic mass is 10.1. The zero-order chi connectivity index (χ0) is 35.2. The van der Waals surface area contributed by atoms with Crippen LogP contribution >= 0.6 is 0 Å². The van der Waals surface area contributed by atoms with E-state index in [1.54, 1.807) is 6.08 Å². The van der Waals surface area contributed by atoms with Crippen molar-refractivity contribution in [2.45, 2.75) is 129 Å². The molecule has 1 saturated heterocycles. The molecule has 2 aliphatic heterocycles. The van der Waals surface area contributed by atoms with Crippen molar-refractivity contribution in [1.29, 1.82) is 0 Å². The Morgan fingerprint density at radius 3 is 2.40 bits per heavy atom. The monoisotopic (exact) mass is 685 g/mol. The fourth-order valence-electron chi connectivity index (χ4n) is 5.32. The second kappa shape index (κ2) is 15.9. The van der Waals surface area contributed by atoms with Gasteiger partial charge in [-0.3, -0.25) is 14.4 Å². The highest BCUT2D eigenvalue weighted by Gasteiger charge is 2.41. The normalized spacial score (nSPS) is 25.8. The first-order valence-corrected chi connectivity index (χ1v) is 23.2. The molecule has 12 heteroatoms. The second-order valence-electron chi connectivity index (χ2n) is 15.2. The van der Waals surface area contributed by atoms with Crippen LogP contribution in [-0.2, 0) is 30.0 Å². The third-order valence-electron chi connectivity index (χ3n) is 9.00. The molecule has 47 heavy (non-hydrogen) atoms. The molecule has 0 radical (unpaired) electrons. The van der Waals surface area contributed by atoms with Gasteiger partial charge in [-0.1, -0.05) is 77.2 Å². The van der Waals surface area contributed by atoms with Crippen LogP contribution in [0.25, 0.3) is 0 Å². The highest BCUT2D eigenvalue weighted by atomic mass is 28.4. The molecule has 3 heterocycles. The Hall–Kier alpha value is -3.10. The number of carbonyl (C=O) groups is 4. The van der Waals surface area contributed by atoms with E-state index in [1.807, 2.05) is 32.1 Å². The lowest BCUT2D eigenvalue weighted by molar-refractivity contribution is -0.153. The minimum absolute atomic E-state index is 0.0633. The molecule has 0 aliphatic carbocycles. The molecule has 260 valence electrons. The van der Waals surface area contributed by atoms with Crippen LogP contribution in [0.3, 0.4) is 0 Å². The molecule has 1 aromatic heterocycles. The van der Waals surface area contributed by atoms with Gasteiger partial charge in [0.15, 0.2) is 14.0 Å². The quantitative estimate of drug-likeness (QED) is 0.320. The van der Waals surface area contributed by atoms with Gasteiger partial charge in [-0.05, 0) is 50.4 Å². The van der Waals surface area contributed by atoms with Gasteiger partial charge >= 0.3 is 5.97 Å². The fourth-order valence-corrected chi connectivity index (χ4v) is 7.88. The van der Waals surface area contributed by atoms with Crippen LogP contribution in [0.15, 0.2) is 40.4 Å². The number of esters is 1. The zero-order valence-corrected chi connectivity index (χ0v) is 32.0. The number of rotatable bonds is 4. The number of Topliss-reactive ketones (excluding diaryl/α,β-unsaturated/α-hetero) is 1. The average molecular weight is 686 g/mol. The highest BCUT2D eigenvalue weighted by molar-refractivity contribution is 6.88. The smallest absolute Gasteiger partial charge is 0.329 e. The molecule has 2 bridgehead atoms. The van der Waals surface area contributed by atoms with E-state index in [0.29, 0.717) is 44.2 Å². The Balaban J connectivity index is 2.01. The molecule has 2 aliphatic rings. The van der Waals surface area contributed by atoms with Crippen molar-refractivity contribution in [3.05, 3.63) is 47.5 Å².